The zero-order chi connectivity index (χ0) is 16.7. The van der Waals surface area contributed by atoms with E-state index in [0.29, 0.717) is 5.92 Å². The highest BCUT2D eigenvalue weighted by molar-refractivity contribution is 5.83. The minimum atomic E-state index is 0.574. The van der Waals surface area contributed by atoms with Gasteiger partial charge in [-0.15, -0.1) is 0 Å². The lowest BCUT2D eigenvalue weighted by Gasteiger charge is -2.12. The lowest BCUT2D eigenvalue weighted by atomic mass is 9.98. The summed E-state index contributed by atoms with van der Waals surface area (Å²) in [5.41, 5.74) is 6.50. The van der Waals surface area contributed by atoms with Crippen LogP contribution in [0.15, 0.2) is 43.4 Å². The van der Waals surface area contributed by atoms with Crippen molar-refractivity contribution in [1.29, 1.82) is 0 Å². The van der Waals surface area contributed by atoms with Crippen molar-refractivity contribution in [2.24, 2.45) is 0 Å². The lowest BCUT2D eigenvalue weighted by Crippen LogP contribution is -2.01. The Hall–Kier alpha value is -2.75. The zero-order valence-electron chi connectivity index (χ0n) is 14.0. The molecule has 1 aliphatic carbocycles. The fourth-order valence-corrected chi connectivity index (χ4v) is 3.09. The number of aromatic nitrogens is 4. The van der Waals surface area contributed by atoms with Crippen LogP contribution in [-0.4, -0.2) is 19.6 Å². The fraction of sp³-hybridized carbons (Fsp3) is 0.250. The molecule has 4 rings (SSSR count). The van der Waals surface area contributed by atoms with Crippen LogP contribution in [0.1, 0.15) is 53.9 Å². The first kappa shape index (κ1) is 14.8. The summed E-state index contributed by atoms with van der Waals surface area (Å²) in [5, 5.41) is 4.35. The number of nitrogens with zero attached hydrogens (tertiary/aromatic N) is 4. The van der Waals surface area contributed by atoms with E-state index in [1.165, 1.54) is 12.8 Å². The molecule has 4 heteroatoms. The summed E-state index contributed by atoms with van der Waals surface area (Å²) in [4.78, 5) is 9.33. The molecule has 0 radical (unpaired) electrons. The molecule has 24 heavy (non-hydrogen) atoms. The Morgan fingerprint density at radius 1 is 1.33 bits per heavy atom. The van der Waals surface area contributed by atoms with Crippen LogP contribution in [0.3, 0.4) is 0 Å². The van der Waals surface area contributed by atoms with Gasteiger partial charge >= 0.3 is 0 Å². The van der Waals surface area contributed by atoms with Crippen molar-refractivity contribution in [2.45, 2.75) is 32.6 Å². The van der Waals surface area contributed by atoms with Crippen molar-refractivity contribution in [2.75, 3.05) is 0 Å². The molecular formula is C20H20N4. The molecule has 0 aliphatic heterocycles. The first-order valence-electron chi connectivity index (χ1n) is 8.31. The summed E-state index contributed by atoms with van der Waals surface area (Å²) in [5.74, 6) is 1.57. The number of rotatable bonds is 4. The van der Waals surface area contributed by atoms with Crippen LogP contribution < -0.4 is 0 Å². The second-order valence-corrected chi connectivity index (χ2v) is 6.25. The van der Waals surface area contributed by atoms with Gasteiger partial charge in [-0.25, -0.2) is 14.5 Å². The van der Waals surface area contributed by atoms with E-state index >= 15 is 0 Å². The monoisotopic (exact) mass is 316 g/mol. The van der Waals surface area contributed by atoms with Crippen LogP contribution in [0.4, 0.5) is 0 Å². The Balaban J connectivity index is 1.79. The molecular weight excluding hydrogens is 296 g/mol. The quantitative estimate of drug-likeness (QED) is 0.716. The van der Waals surface area contributed by atoms with E-state index in [4.69, 9.17) is 4.98 Å². The molecule has 0 saturated heterocycles. The van der Waals surface area contributed by atoms with Crippen molar-refractivity contribution in [3.05, 3.63) is 71.6 Å². The van der Waals surface area contributed by atoms with Crippen molar-refractivity contribution in [3.8, 4) is 0 Å². The van der Waals surface area contributed by atoms with E-state index in [9.17, 15) is 0 Å². The van der Waals surface area contributed by atoms with Crippen molar-refractivity contribution in [1.82, 2.24) is 19.6 Å². The van der Waals surface area contributed by atoms with E-state index in [1.54, 1.807) is 0 Å². The summed E-state index contributed by atoms with van der Waals surface area (Å²) in [6.07, 6.45) is 12.2. The summed E-state index contributed by atoms with van der Waals surface area (Å²) in [6, 6.07) is 4.23. The van der Waals surface area contributed by atoms with Crippen LogP contribution in [0, 0.1) is 6.92 Å². The maximum atomic E-state index is 4.73. The van der Waals surface area contributed by atoms with E-state index in [1.807, 2.05) is 29.2 Å². The summed E-state index contributed by atoms with van der Waals surface area (Å²) >= 11 is 0. The van der Waals surface area contributed by atoms with Gasteiger partial charge in [-0.1, -0.05) is 18.7 Å². The van der Waals surface area contributed by atoms with Gasteiger partial charge in [0, 0.05) is 35.1 Å². The van der Waals surface area contributed by atoms with Gasteiger partial charge in [-0.3, -0.25) is 0 Å². The number of fused-ring (bicyclic) bond motifs is 1. The van der Waals surface area contributed by atoms with Crippen LogP contribution in [0.5, 0.6) is 0 Å². The number of hydrogen-bond donors (Lipinski definition) is 0. The highest BCUT2D eigenvalue weighted by Crippen LogP contribution is 2.38. The molecule has 3 heterocycles. The first-order valence-corrected chi connectivity index (χ1v) is 8.31. The second-order valence-electron chi connectivity index (χ2n) is 6.25. The predicted octanol–water partition coefficient (Wildman–Crippen LogP) is 4.40. The first-order chi connectivity index (χ1) is 11.7. The van der Waals surface area contributed by atoms with Gasteiger partial charge in [0.05, 0.1) is 11.7 Å². The molecule has 1 saturated carbocycles. The minimum absolute atomic E-state index is 0.574. The molecule has 1 fully saturated rings. The maximum absolute atomic E-state index is 4.73. The molecule has 120 valence electrons. The van der Waals surface area contributed by atoms with Gasteiger partial charge in [0.25, 0.3) is 0 Å². The van der Waals surface area contributed by atoms with Gasteiger partial charge < -0.3 is 0 Å². The normalized spacial score (nSPS) is 15.0. The molecule has 3 aromatic heterocycles. The molecule has 0 N–H and O–H groups in total. The molecule has 4 nitrogen and oxygen atoms in total. The van der Waals surface area contributed by atoms with Gasteiger partial charge in [0.1, 0.15) is 5.82 Å². The summed E-state index contributed by atoms with van der Waals surface area (Å²) < 4.78 is 1.87. The van der Waals surface area contributed by atoms with E-state index < -0.39 is 0 Å². The highest BCUT2D eigenvalue weighted by atomic mass is 15.2. The summed E-state index contributed by atoms with van der Waals surface area (Å²) in [6.45, 7) is 7.99. The average molecular weight is 316 g/mol. The average Bonchev–Trinajstić information content (AvgIpc) is 3.37. The number of pyridine rings is 1. The molecule has 0 bridgehead atoms. The Morgan fingerprint density at radius 3 is 2.83 bits per heavy atom. The Bertz CT molecular complexity index is 961. The van der Waals surface area contributed by atoms with Crippen LogP contribution in [0.2, 0.25) is 0 Å². The topological polar surface area (TPSA) is 43.1 Å². The fourth-order valence-electron chi connectivity index (χ4n) is 3.09. The third-order valence-electron chi connectivity index (χ3n) is 4.60. The molecule has 0 spiro atoms. The smallest absolute Gasteiger partial charge is 0.131 e. The van der Waals surface area contributed by atoms with E-state index in [0.717, 1.165) is 39.3 Å². The largest absolute Gasteiger partial charge is 0.240 e. The minimum Gasteiger partial charge on any atom is -0.240 e. The maximum Gasteiger partial charge on any atom is 0.131 e. The Kier molecular flexibility index (Phi) is 3.53. The van der Waals surface area contributed by atoms with E-state index in [-0.39, 0.29) is 0 Å². The number of hydrogen-bond acceptors (Lipinski definition) is 3. The second kappa shape index (κ2) is 5.71. The third-order valence-corrected chi connectivity index (χ3v) is 4.60. The molecule has 1 aliphatic rings. The number of aryl methyl sites for hydroxylation is 1. The van der Waals surface area contributed by atoms with Gasteiger partial charge in [0.2, 0.25) is 0 Å². The van der Waals surface area contributed by atoms with Gasteiger partial charge in [-0.05, 0) is 50.0 Å². The Morgan fingerprint density at radius 2 is 2.17 bits per heavy atom. The van der Waals surface area contributed by atoms with Gasteiger partial charge in [0.15, 0.2) is 0 Å². The van der Waals surface area contributed by atoms with E-state index in [2.05, 4.69) is 48.7 Å². The zero-order valence-corrected chi connectivity index (χ0v) is 14.0. The molecule has 0 unspecified atom stereocenters. The van der Waals surface area contributed by atoms with Gasteiger partial charge in [-0.2, -0.15) is 5.10 Å². The van der Waals surface area contributed by atoms with Crippen molar-refractivity contribution >= 4 is 17.2 Å². The van der Waals surface area contributed by atoms with Crippen LogP contribution in [0.25, 0.3) is 17.2 Å². The SMILES string of the molecule is C=Cc1cnn2ccc(/C(=C/C)c3cnc(C4CC4)nc3C)cc12. The van der Waals surface area contributed by atoms with Crippen LogP contribution in [-0.2, 0) is 0 Å². The number of allylic oxidation sites excluding steroid dienone is 1. The molecule has 0 amide bonds. The van der Waals surface area contributed by atoms with Crippen molar-refractivity contribution < 1.29 is 0 Å². The Labute approximate surface area is 141 Å². The molecule has 3 aromatic rings. The summed E-state index contributed by atoms with van der Waals surface area (Å²) in [7, 11) is 0. The predicted molar refractivity (Wildman–Crippen MR) is 96.8 cm³/mol. The van der Waals surface area contributed by atoms with Crippen molar-refractivity contribution in [3.63, 3.8) is 0 Å². The molecule has 0 aromatic carbocycles. The molecule has 0 atom stereocenters. The third kappa shape index (κ3) is 2.44. The van der Waals surface area contributed by atoms with Crippen LogP contribution >= 0.6 is 0 Å². The lowest BCUT2D eigenvalue weighted by molar-refractivity contribution is 0.901. The standard InChI is InChI=1S/C20H20N4/c1-4-14-11-22-24-9-8-16(10-19(14)24)17(5-2)18-12-21-20(15-6-7-15)23-13(18)3/h4-5,8-12,15H,1,6-7H2,2-3H3/b17-5-. The highest BCUT2D eigenvalue weighted by Gasteiger charge is 2.27.